The summed E-state index contributed by atoms with van der Waals surface area (Å²) in [7, 11) is 0. The van der Waals surface area contributed by atoms with E-state index >= 15 is 0 Å². The quantitative estimate of drug-likeness (QED) is 0.325. The summed E-state index contributed by atoms with van der Waals surface area (Å²) in [5.74, 6) is -1.15. The van der Waals surface area contributed by atoms with Crippen LogP contribution < -0.4 is 0 Å². The second kappa shape index (κ2) is 3.86. The molecule has 0 aromatic carbocycles. The fraction of sp³-hybridized carbons (Fsp3) is 0. The van der Waals surface area contributed by atoms with E-state index in [2.05, 4.69) is 16.6 Å². The molecule has 0 heterocycles. The molecule has 0 aliphatic heterocycles. The number of rotatable bonds is 3. The van der Waals surface area contributed by atoms with E-state index in [9.17, 15) is 4.79 Å². The van der Waals surface area contributed by atoms with Gasteiger partial charge in [-0.25, -0.2) is 4.79 Å². The Kier molecular flexibility index (Phi) is 3.22. The van der Waals surface area contributed by atoms with Crippen molar-refractivity contribution in [2.24, 2.45) is 5.16 Å². The lowest BCUT2D eigenvalue weighted by molar-refractivity contribution is -0.129. The molecule has 4 nitrogen and oxygen atoms in total. The van der Waals surface area contributed by atoms with Crippen LogP contribution in [-0.2, 0) is 9.63 Å². The second-order valence-electron chi connectivity index (χ2n) is 0.845. The minimum Gasteiger partial charge on any atom is -0.477 e. The molecule has 0 amide bonds. The van der Waals surface area contributed by atoms with Gasteiger partial charge in [-0.15, -0.1) is 0 Å². The fourth-order valence-corrected chi connectivity index (χ4v) is 0.119. The lowest BCUT2D eigenvalue weighted by Gasteiger charge is -1.80. The van der Waals surface area contributed by atoms with Crippen LogP contribution in [0.2, 0.25) is 0 Å². The van der Waals surface area contributed by atoms with Crippen LogP contribution in [0.5, 0.6) is 0 Å². The van der Waals surface area contributed by atoms with Gasteiger partial charge >= 0.3 is 5.97 Å². The first-order valence-electron chi connectivity index (χ1n) is 1.80. The third-order valence-electron chi connectivity index (χ3n) is 0.299. The number of carboxylic acid groups (broad SMARTS) is 1. The van der Waals surface area contributed by atoms with Crippen molar-refractivity contribution in [2.75, 3.05) is 0 Å². The minimum absolute atomic E-state index is 0.627. The first-order valence-corrected chi connectivity index (χ1v) is 1.80. The molecule has 0 spiro atoms. The zero-order valence-corrected chi connectivity index (χ0v) is 4.07. The Morgan fingerprint density at radius 2 is 2.50 bits per heavy atom. The van der Waals surface area contributed by atoms with Gasteiger partial charge in [0.05, 0.1) is 0 Å². The number of hydrogen-bond donors (Lipinski definition) is 1. The Morgan fingerprint density at radius 3 is 2.88 bits per heavy atom. The van der Waals surface area contributed by atoms with E-state index < -0.39 is 5.97 Å². The predicted molar refractivity (Wildman–Crippen MR) is 27.4 cm³/mol. The summed E-state index contributed by atoms with van der Waals surface area (Å²) in [6, 6.07) is 0. The number of carbonyl (C=O) groups is 1. The van der Waals surface area contributed by atoms with Gasteiger partial charge in [0.25, 0.3) is 0 Å². The van der Waals surface area contributed by atoms with Gasteiger partial charge in [0.15, 0.2) is 6.21 Å². The zero-order valence-electron chi connectivity index (χ0n) is 4.07. The van der Waals surface area contributed by atoms with E-state index in [1.807, 2.05) is 0 Å². The van der Waals surface area contributed by atoms with Crippen LogP contribution in [0.4, 0.5) is 0 Å². The maximum absolute atomic E-state index is 9.61. The Balaban J connectivity index is 3.34. The lowest BCUT2D eigenvalue weighted by Crippen LogP contribution is -1.94. The maximum atomic E-state index is 9.61. The van der Waals surface area contributed by atoms with Crippen LogP contribution >= 0.6 is 0 Å². The van der Waals surface area contributed by atoms with Crippen molar-refractivity contribution in [3.63, 3.8) is 0 Å². The highest BCUT2D eigenvalue weighted by Crippen LogP contribution is 1.70. The molecule has 0 fully saturated rings. The Hall–Kier alpha value is -1.32. The Bertz CT molecular complexity index is 118. The number of aliphatic carboxylic acids is 1. The summed E-state index contributed by atoms with van der Waals surface area (Å²) in [4.78, 5) is 13.7. The molecule has 0 aromatic heterocycles. The molecule has 0 aromatic rings. The first kappa shape index (κ1) is 6.68. The van der Waals surface area contributed by atoms with Crippen molar-refractivity contribution >= 4 is 12.2 Å². The second-order valence-corrected chi connectivity index (χ2v) is 0.845. The van der Waals surface area contributed by atoms with Gasteiger partial charge in [-0.2, -0.15) is 0 Å². The smallest absolute Gasteiger partial charge is 0.350 e. The van der Waals surface area contributed by atoms with Crippen molar-refractivity contribution in [3.8, 4) is 0 Å². The molecule has 8 heavy (non-hydrogen) atoms. The van der Waals surface area contributed by atoms with E-state index in [4.69, 9.17) is 5.11 Å². The molecule has 0 aliphatic carbocycles. The molecule has 0 rings (SSSR count). The monoisotopic (exact) mass is 115 g/mol. The van der Waals surface area contributed by atoms with Crippen LogP contribution in [-0.4, -0.2) is 17.3 Å². The van der Waals surface area contributed by atoms with Crippen LogP contribution in [0.1, 0.15) is 0 Å². The zero-order chi connectivity index (χ0) is 6.41. The fourth-order valence-electron chi connectivity index (χ4n) is 0.119. The molecule has 0 radical (unpaired) electrons. The van der Waals surface area contributed by atoms with Crippen molar-refractivity contribution < 1.29 is 14.7 Å². The summed E-state index contributed by atoms with van der Waals surface area (Å²) >= 11 is 0. The standard InChI is InChI=1S/C4H5NO3/c1-2-8-5-3-4(6)7/h2-3H,1H2,(H,6,7). The van der Waals surface area contributed by atoms with Crippen molar-refractivity contribution in [1.29, 1.82) is 0 Å². The van der Waals surface area contributed by atoms with E-state index in [0.717, 1.165) is 6.26 Å². The molecule has 0 saturated carbocycles. The number of nitrogens with zero attached hydrogens (tertiary/aromatic N) is 1. The molecule has 0 unspecified atom stereocenters. The highest BCUT2D eigenvalue weighted by Gasteiger charge is 1.82. The number of oxime groups is 1. The van der Waals surface area contributed by atoms with Gasteiger partial charge in [0.2, 0.25) is 0 Å². The highest BCUT2D eigenvalue weighted by molar-refractivity contribution is 6.21. The molecule has 4 heteroatoms. The van der Waals surface area contributed by atoms with E-state index in [0.29, 0.717) is 6.21 Å². The topological polar surface area (TPSA) is 58.9 Å². The van der Waals surface area contributed by atoms with E-state index in [1.54, 1.807) is 0 Å². The summed E-state index contributed by atoms with van der Waals surface area (Å²) in [6.45, 7) is 3.13. The van der Waals surface area contributed by atoms with Gasteiger partial charge in [-0.05, 0) is 0 Å². The lowest BCUT2D eigenvalue weighted by atomic mass is 10.8. The third kappa shape index (κ3) is 4.68. The molecular weight excluding hydrogens is 110 g/mol. The SMILES string of the molecule is C=CON=CC(=O)O. The van der Waals surface area contributed by atoms with Gasteiger partial charge in [-0.3, -0.25) is 0 Å². The molecule has 44 valence electrons. The average Bonchev–Trinajstić information content (AvgIpc) is 1.66. The molecule has 1 N–H and O–H groups in total. The molecule has 0 saturated heterocycles. The number of hydrogen-bond acceptors (Lipinski definition) is 3. The van der Waals surface area contributed by atoms with Crippen LogP contribution in [0.25, 0.3) is 0 Å². The van der Waals surface area contributed by atoms with Crippen LogP contribution in [0, 0.1) is 0 Å². The van der Waals surface area contributed by atoms with E-state index in [-0.39, 0.29) is 0 Å². The maximum Gasteiger partial charge on any atom is 0.350 e. The molecule has 0 atom stereocenters. The van der Waals surface area contributed by atoms with Gasteiger partial charge in [0, 0.05) is 0 Å². The predicted octanol–water partition coefficient (Wildman–Crippen LogP) is 0.217. The number of carboxylic acids is 1. The first-order chi connectivity index (χ1) is 3.77. The third-order valence-corrected chi connectivity index (χ3v) is 0.299. The van der Waals surface area contributed by atoms with Crippen molar-refractivity contribution in [3.05, 3.63) is 12.8 Å². The van der Waals surface area contributed by atoms with E-state index in [1.165, 1.54) is 0 Å². The average molecular weight is 115 g/mol. The van der Waals surface area contributed by atoms with Gasteiger partial charge in [-0.1, -0.05) is 11.7 Å². The van der Waals surface area contributed by atoms with Crippen molar-refractivity contribution in [1.82, 2.24) is 0 Å². The van der Waals surface area contributed by atoms with Crippen LogP contribution in [0.3, 0.4) is 0 Å². The summed E-state index contributed by atoms with van der Waals surface area (Å²) < 4.78 is 0. The van der Waals surface area contributed by atoms with Crippen LogP contribution in [0.15, 0.2) is 18.0 Å². The summed E-state index contributed by atoms with van der Waals surface area (Å²) in [5.41, 5.74) is 0. The van der Waals surface area contributed by atoms with Crippen molar-refractivity contribution in [2.45, 2.75) is 0 Å². The molecule has 0 aliphatic rings. The Labute approximate surface area is 46.1 Å². The Morgan fingerprint density at radius 1 is 1.88 bits per heavy atom. The normalized spacial score (nSPS) is 9.00. The molecular formula is C4H5NO3. The molecule has 0 bridgehead atoms. The highest BCUT2D eigenvalue weighted by atomic mass is 16.6. The summed E-state index contributed by atoms with van der Waals surface area (Å²) in [6.07, 6.45) is 1.65. The van der Waals surface area contributed by atoms with Gasteiger partial charge in [0.1, 0.15) is 6.26 Å². The minimum atomic E-state index is -1.15. The van der Waals surface area contributed by atoms with Gasteiger partial charge < -0.3 is 9.94 Å². The summed E-state index contributed by atoms with van der Waals surface area (Å²) in [5, 5.41) is 10.8. The largest absolute Gasteiger partial charge is 0.477 e.